The summed E-state index contributed by atoms with van der Waals surface area (Å²) in [5, 5.41) is 13.1. The third-order valence-corrected chi connectivity index (χ3v) is 4.64. The molecule has 134 valence electrons. The average molecular weight is 370 g/mol. The number of hydrogen-bond acceptors (Lipinski definition) is 6. The smallest absolute Gasteiger partial charge is 0.264 e. The van der Waals surface area contributed by atoms with Crippen LogP contribution in [0.4, 0.5) is 5.69 Å². The average Bonchev–Trinajstić information content (AvgIpc) is 2.97. The van der Waals surface area contributed by atoms with Gasteiger partial charge in [-0.2, -0.15) is 0 Å². The monoisotopic (exact) mass is 370 g/mol. The number of rotatable bonds is 4. The molecule has 0 radical (unpaired) electrons. The van der Waals surface area contributed by atoms with Crippen LogP contribution in [0.1, 0.15) is 11.1 Å². The zero-order valence-electron chi connectivity index (χ0n) is 14.6. The number of phenolic OH excluding ortho intramolecular Hbond substituents is 1. The molecule has 1 amide bonds. The number of hydrogen-bond donors (Lipinski definition) is 2. The summed E-state index contributed by atoms with van der Waals surface area (Å²) in [4.78, 5) is 17.0. The second-order valence-electron chi connectivity index (χ2n) is 5.58. The number of phenols is 1. The minimum absolute atomic E-state index is 0.0709. The minimum Gasteiger partial charge on any atom is -0.506 e. The molecular formula is C19H18N2O4S. The number of benzene rings is 2. The van der Waals surface area contributed by atoms with E-state index in [1.807, 2.05) is 19.1 Å². The van der Waals surface area contributed by atoms with Crippen LogP contribution in [0.3, 0.4) is 0 Å². The Morgan fingerprint density at radius 3 is 2.65 bits per heavy atom. The van der Waals surface area contributed by atoms with Gasteiger partial charge in [0.25, 0.3) is 5.91 Å². The zero-order valence-corrected chi connectivity index (χ0v) is 15.4. The van der Waals surface area contributed by atoms with Crippen molar-refractivity contribution in [3.05, 3.63) is 52.4 Å². The lowest BCUT2D eigenvalue weighted by Crippen LogP contribution is -2.19. The third-order valence-electron chi connectivity index (χ3n) is 3.73. The molecule has 2 aromatic rings. The second kappa shape index (κ2) is 7.53. The highest BCUT2D eigenvalue weighted by molar-refractivity contribution is 8.18. The van der Waals surface area contributed by atoms with Crippen molar-refractivity contribution in [1.29, 1.82) is 0 Å². The molecule has 0 aromatic heterocycles. The fourth-order valence-corrected chi connectivity index (χ4v) is 3.22. The number of nitrogens with zero attached hydrogens (tertiary/aromatic N) is 1. The quantitative estimate of drug-likeness (QED) is 0.804. The van der Waals surface area contributed by atoms with E-state index in [1.165, 1.54) is 11.8 Å². The highest BCUT2D eigenvalue weighted by Crippen LogP contribution is 2.34. The summed E-state index contributed by atoms with van der Waals surface area (Å²) in [5.74, 6) is 1.09. The van der Waals surface area contributed by atoms with E-state index in [0.717, 1.165) is 11.1 Å². The molecule has 26 heavy (non-hydrogen) atoms. The molecule has 7 heteroatoms. The van der Waals surface area contributed by atoms with Gasteiger partial charge in [-0.25, -0.2) is 4.99 Å². The van der Waals surface area contributed by atoms with Crippen molar-refractivity contribution in [2.45, 2.75) is 6.92 Å². The van der Waals surface area contributed by atoms with Crippen LogP contribution in [-0.4, -0.2) is 30.4 Å². The zero-order chi connectivity index (χ0) is 18.7. The summed E-state index contributed by atoms with van der Waals surface area (Å²) in [7, 11) is 3.14. The van der Waals surface area contributed by atoms with E-state index in [2.05, 4.69) is 10.3 Å². The number of aryl methyl sites for hydroxylation is 1. The van der Waals surface area contributed by atoms with Gasteiger partial charge in [-0.3, -0.25) is 4.79 Å². The molecule has 3 rings (SSSR count). The van der Waals surface area contributed by atoms with Crippen LogP contribution in [-0.2, 0) is 4.79 Å². The maximum atomic E-state index is 12.2. The molecule has 0 spiro atoms. The Balaban J connectivity index is 1.88. The van der Waals surface area contributed by atoms with E-state index in [9.17, 15) is 9.90 Å². The van der Waals surface area contributed by atoms with Gasteiger partial charge >= 0.3 is 0 Å². The van der Waals surface area contributed by atoms with Crippen molar-refractivity contribution in [3.8, 4) is 17.2 Å². The highest BCUT2D eigenvalue weighted by atomic mass is 32.2. The lowest BCUT2D eigenvalue weighted by Gasteiger charge is -2.07. The number of amidine groups is 1. The third kappa shape index (κ3) is 3.83. The Morgan fingerprint density at radius 2 is 1.96 bits per heavy atom. The van der Waals surface area contributed by atoms with Crippen molar-refractivity contribution in [1.82, 2.24) is 5.32 Å². The van der Waals surface area contributed by atoms with Crippen molar-refractivity contribution >= 4 is 34.6 Å². The molecule has 0 aliphatic carbocycles. The fraction of sp³-hybridized carbons (Fsp3) is 0.158. The lowest BCUT2D eigenvalue weighted by atomic mass is 10.1. The van der Waals surface area contributed by atoms with Crippen molar-refractivity contribution < 1.29 is 19.4 Å². The molecular weight excluding hydrogens is 352 g/mol. The normalized spacial score (nSPS) is 16.8. The summed E-state index contributed by atoms with van der Waals surface area (Å²) >= 11 is 1.20. The van der Waals surface area contributed by atoms with Gasteiger partial charge in [-0.1, -0.05) is 6.07 Å². The number of thioether (sulfide) groups is 1. The number of aromatic hydroxyl groups is 1. The molecule has 0 saturated carbocycles. The summed E-state index contributed by atoms with van der Waals surface area (Å²) < 4.78 is 10.5. The lowest BCUT2D eigenvalue weighted by molar-refractivity contribution is -0.115. The Labute approximate surface area is 155 Å². The Bertz CT molecular complexity index is 922. The maximum Gasteiger partial charge on any atom is 0.264 e. The number of carbonyl (C=O) groups excluding carboxylic acids is 1. The first-order valence-electron chi connectivity index (χ1n) is 7.81. The van der Waals surface area contributed by atoms with Gasteiger partial charge in [0.1, 0.15) is 22.9 Å². The standard InChI is InChI=1S/C19H18N2O4S/c1-11-4-7-14(15(22)8-11)20-19-21-18(23)17(26-19)9-12-5-6-13(24-2)10-16(12)25-3/h4-10,22H,1-3H3,(H,20,21,23)/b17-9-. The number of ether oxygens (including phenoxy) is 2. The van der Waals surface area contributed by atoms with Gasteiger partial charge < -0.3 is 19.9 Å². The summed E-state index contributed by atoms with van der Waals surface area (Å²) in [5.41, 5.74) is 2.09. The molecule has 1 aliphatic rings. The fourth-order valence-electron chi connectivity index (χ4n) is 2.40. The first-order valence-corrected chi connectivity index (χ1v) is 8.63. The molecule has 2 N–H and O–H groups in total. The van der Waals surface area contributed by atoms with Gasteiger partial charge in [0, 0.05) is 11.6 Å². The van der Waals surface area contributed by atoms with Crippen molar-refractivity contribution in [3.63, 3.8) is 0 Å². The van der Waals surface area contributed by atoms with Crippen LogP contribution < -0.4 is 14.8 Å². The Kier molecular flexibility index (Phi) is 5.18. The molecule has 1 saturated heterocycles. The molecule has 1 aliphatic heterocycles. The van der Waals surface area contributed by atoms with Crippen LogP contribution in [0, 0.1) is 6.92 Å². The molecule has 0 bridgehead atoms. The molecule has 1 heterocycles. The minimum atomic E-state index is -0.252. The number of amides is 1. The van der Waals surface area contributed by atoms with E-state index >= 15 is 0 Å². The maximum absolute atomic E-state index is 12.2. The van der Waals surface area contributed by atoms with Crippen LogP contribution in [0.5, 0.6) is 17.2 Å². The molecule has 6 nitrogen and oxygen atoms in total. The Morgan fingerprint density at radius 1 is 1.15 bits per heavy atom. The van der Waals surface area contributed by atoms with E-state index < -0.39 is 0 Å². The first-order chi connectivity index (χ1) is 12.5. The van der Waals surface area contributed by atoms with Crippen LogP contribution >= 0.6 is 11.8 Å². The Hall–Kier alpha value is -2.93. The predicted molar refractivity (Wildman–Crippen MR) is 103 cm³/mol. The van der Waals surface area contributed by atoms with Crippen LogP contribution in [0.25, 0.3) is 6.08 Å². The number of carbonyl (C=O) groups is 1. The molecule has 1 fully saturated rings. The van der Waals surface area contributed by atoms with Crippen molar-refractivity contribution in [2.24, 2.45) is 4.99 Å². The summed E-state index contributed by atoms with van der Waals surface area (Å²) in [6.07, 6.45) is 1.73. The van der Waals surface area contributed by atoms with Crippen LogP contribution in [0.2, 0.25) is 0 Å². The molecule has 0 atom stereocenters. The van der Waals surface area contributed by atoms with E-state index in [0.29, 0.717) is 27.3 Å². The highest BCUT2D eigenvalue weighted by Gasteiger charge is 2.24. The van der Waals surface area contributed by atoms with Crippen LogP contribution in [0.15, 0.2) is 46.3 Å². The topological polar surface area (TPSA) is 80.2 Å². The predicted octanol–water partition coefficient (Wildman–Crippen LogP) is 3.61. The summed E-state index contributed by atoms with van der Waals surface area (Å²) in [6.45, 7) is 1.88. The van der Waals surface area contributed by atoms with Crippen molar-refractivity contribution in [2.75, 3.05) is 14.2 Å². The van der Waals surface area contributed by atoms with Gasteiger partial charge in [-0.05, 0) is 54.6 Å². The van der Waals surface area contributed by atoms with Gasteiger partial charge in [0.15, 0.2) is 5.17 Å². The molecule has 0 unspecified atom stereocenters. The number of nitrogens with one attached hydrogen (secondary N) is 1. The molecule has 2 aromatic carbocycles. The second-order valence-corrected chi connectivity index (χ2v) is 6.61. The number of methoxy groups -OCH3 is 2. The van der Waals surface area contributed by atoms with E-state index in [1.54, 1.807) is 44.6 Å². The first kappa shape index (κ1) is 17.9. The van der Waals surface area contributed by atoms with E-state index in [-0.39, 0.29) is 11.7 Å². The SMILES string of the molecule is COc1ccc(/C=C2\SC(=Nc3ccc(C)cc3O)NC2=O)c(OC)c1. The van der Waals surface area contributed by atoms with Gasteiger partial charge in [-0.15, -0.1) is 0 Å². The number of aliphatic imine (C=N–C) groups is 1. The largest absolute Gasteiger partial charge is 0.506 e. The van der Waals surface area contributed by atoms with Gasteiger partial charge in [0.05, 0.1) is 19.1 Å². The van der Waals surface area contributed by atoms with E-state index in [4.69, 9.17) is 9.47 Å². The summed E-state index contributed by atoms with van der Waals surface area (Å²) in [6, 6.07) is 10.5. The van der Waals surface area contributed by atoms with Gasteiger partial charge in [0.2, 0.25) is 0 Å².